The number of nitrogens with zero attached hydrogens (tertiary/aromatic N) is 4. The van der Waals surface area contributed by atoms with E-state index in [2.05, 4.69) is 24.8 Å². The molecule has 0 saturated heterocycles. The Balaban J connectivity index is 1.89. The molecule has 0 saturated carbocycles. The van der Waals surface area contributed by atoms with Crippen molar-refractivity contribution in [2.75, 3.05) is 0 Å². The summed E-state index contributed by atoms with van der Waals surface area (Å²) in [6, 6.07) is -0.349. The Bertz CT molecular complexity index is 732. The van der Waals surface area contributed by atoms with Crippen LogP contribution >= 0.6 is 0 Å². The zero-order valence-corrected chi connectivity index (χ0v) is 12.1. The predicted molar refractivity (Wildman–Crippen MR) is 70.4 cm³/mol. The summed E-state index contributed by atoms with van der Waals surface area (Å²) in [7, 11) is -3.62. The molecule has 0 amide bonds. The van der Waals surface area contributed by atoms with Crippen LogP contribution in [-0.4, -0.2) is 33.2 Å². The van der Waals surface area contributed by atoms with Crippen LogP contribution in [0.1, 0.15) is 36.4 Å². The number of imidazole rings is 1. The molecule has 1 aliphatic heterocycles. The first-order valence-corrected chi connectivity index (χ1v) is 7.89. The van der Waals surface area contributed by atoms with Crippen LogP contribution in [0.5, 0.6) is 0 Å². The summed E-state index contributed by atoms with van der Waals surface area (Å²) in [5.41, 5.74) is 0. The number of hydrogen-bond acceptors (Lipinski definition) is 5. The zero-order valence-electron chi connectivity index (χ0n) is 11.3. The molecule has 0 aromatic carbocycles. The van der Waals surface area contributed by atoms with Gasteiger partial charge in [0.1, 0.15) is 17.5 Å². The van der Waals surface area contributed by atoms with E-state index in [1.54, 1.807) is 18.5 Å². The Hall–Kier alpha value is -1.74. The molecule has 0 spiro atoms. The van der Waals surface area contributed by atoms with Crippen LogP contribution in [0.4, 0.5) is 0 Å². The van der Waals surface area contributed by atoms with Gasteiger partial charge in [0.2, 0.25) is 0 Å². The first kappa shape index (κ1) is 13.3. The summed E-state index contributed by atoms with van der Waals surface area (Å²) >= 11 is 0. The summed E-state index contributed by atoms with van der Waals surface area (Å²) in [5, 5.41) is 4.33. The quantitative estimate of drug-likeness (QED) is 0.854. The lowest BCUT2D eigenvalue weighted by atomic mass is 10.1. The molecule has 3 rings (SSSR count). The fourth-order valence-corrected chi connectivity index (χ4v) is 3.56. The topological polar surface area (TPSA) is 106 Å². The smallest absolute Gasteiger partial charge is 0.258 e. The van der Waals surface area contributed by atoms with Gasteiger partial charge in [0.15, 0.2) is 5.03 Å². The molecule has 0 unspecified atom stereocenters. The van der Waals surface area contributed by atoms with Crippen LogP contribution in [0.15, 0.2) is 11.2 Å². The number of rotatable bonds is 3. The van der Waals surface area contributed by atoms with E-state index in [9.17, 15) is 8.42 Å². The van der Waals surface area contributed by atoms with Crippen LogP contribution in [0.25, 0.3) is 0 Å². The van der Waals surface area contributed by atoms with Crippen LogP contribution in [0.3, 0.4) is 0 Å². The molecule has 9 heteroatoms. The molecule has 0 fully saturated rings. The molecule has 20 heavy (non-hydrogen) atoms. The number of aromatic amines is 1. The zero-order chi connectivity index (χ0) is 14.3. The van der Waals surface area contributed by atoms with Crippen molar-refractivity contribution in [3.05, 3.63) is 23.7 Å². The third kappa shape index (κ3) is 2.34. The van der Waals surface area contributed by atoms with Crippen molar-refractivity contribution in [1.82, 2.24) is 29.5 Å². The number of nitrogens with one attached hydrogen (secondary N) is 2. The summed E-state index contributed by atoms with van der Waals surface area (Å²) < 4.78 is 29.0. The monoisotopic (exact) mass is 296 g/mol. The first-order chi connectivity index (χ1) is 9.45. The lowest BCUT2D eigenvalue weighted by molar-refractivity contribution is 0.399. The molecule has 2 N–H and O–H groups in total. The lowest BCUT2D eigenvalue weighted by Crippen LogP contribution is -2.33. The summed E-state index contributed by atoms with van der Waals surface area (Å²) in [5.74, 6) is 1.89. The minimum Gasteiger partial charge on any atom is -0.332 e. The second-order valence-electron chi connectivity index (χ2n) is 4.89. The van der Waals surface area contributed by atoms with E-state index in [1.807, 2.05) is 0 Å². The standard InChI is InChI=1S/C11H16N6O2S/c1-7-12-6-10(13-7)20(18,19)16-9-4-3-5-17-11(9)14-8(2)15-17/h6,9,16H,3-5H2,1-2H3,(H,12,13)/t9-/m1/s1. The third-order valence-electron chi connectivity index (χ3n) is 3.25. The molecular formula is C11H16N6O2S. The van der Waals surface area contributed by atoms with Gasteiger partial charge in [-0.25, -0.2) is 23.1 Å². The second-order valence-corrected chi connectivity index (χ2v) is 6.57. The SMILES string of the molecule is Cc1nc2n(n1)CCC[C@H]2NS(=O)(=O)c1cnc(C)[nH]1. The van der Waals surface area contributed by atoms with E-state index in [0.29, 0.717) is 23.9 Å². The van der Waals surface area contributed by atoms with Gasteiger partial charge >= 0.3 is 0 Å². The van der Waals surface area contributed by atoms with Crippen molar-refractivity contribution in [1.29, 1.82) is 0 Å². The molecular weight excluding hydrogens is 280 g/mol. The highest BCUT2D eigenvalue weighted by molar-refractivity contribution is 7.89. The Morgan fingerprint density at radius 2 is 2.25 bits per heavy atom. The van der Waals surface area contributed by atoms with Crippen LogP contribution in [0.2, 0.25) is 0 Å². The molecule has 1 atom stereocenters. The van der Waals surface area contributed by atoms with Gasteiger partial charge in [-0.05, 0) is 26.7 Å². The van der Waals surface area contributed by atoms with Crippen molar-refractivity contribution in [2.24, 2.45) is 0 Å². The molecule has 1 aliphatic rings. The summed E-state index contributed by atoms with van der Waals surface area (Å²) in [6.45, 7) is 4.28. The number of aryl methyl sites for hydroxylation is 3. The Morgan fingerprint density at radius 1 is 1.45 bits per heavy atom. The Morgan fingerprint density at radius 3 is 2.95 bits per heavy atom. The fraction of sp³-hybridized carbons (Fsp3) is 0.545. The molecule has 0 bridgehead atoms. The largest absolute Gasteiger partial charge is 0.332 e. The average Bonchev–Trinajstić information content (AvgIpc) is 2.95. The number of aromatic nitrogens is 5. The van der Waals surface area contributed by atoms with Gasteiger partial charge in [0.25, 0.3) is 10.0 Å². The van der Waals surface area contributed by atoms with E-state index in [-0.39, 0.29) is 11.1 Å². The third-order valence-corrected chi connectivity index (χ3v) is 4.63. The Kier molecular flexibility index (Phi) is 3.09. The highest BCUT2D eigenvalue weighted by atomic mass is 32.2. The summed E-state index contributed by atoms with van der Waals surface area (Å²) in [6.07, 6.45) is 2.89. The van der Waals surface area contributed by atoms with E-state index >= 15 is 0 Å². The van der Waals surface area contributed by atoms with Gasteiger partial charge in [-0.15, -0.1) is 0 Å². The lowest BCUT2D eigenvalue weighted by Gasteiger charge is -2.22. The normalized spacial score (nSPS) is 19.0. The minimum absolute atomic E-state index is 0.0726. The molecule has 2 aromatic rings. The van der Waals surface area contributed by atoms with Crippen molar-refractivity contribution in [3.8, 4) is 0 Å². The number of sulfonamides is 1. The molecule has 8 nitrogen and oxygen atoms in total. The highest BCUT2D eigenvalue weighted by Gasteiger charge is 2.29. The van der Waals surface area contributed by atoms with Gasteiger partial charge in [-0.3, -0.25) is 0 Å². The van der Waals surface area contributed by atoms with Crippen molar-refractivity contribution in [2.45, 2.75) is 44.3 Å². The van der Waals surface area contributed by atoms with E-state index < -0.39 is 10.0 Å². The number of fused-ring (bicyclic) bond motifs is 1. The maximum atomic E-state index is 12.3. The van der Waals surface area contributed by atoms with Gasteiger partial charge in [0.05, 0.1) is 12.2 Å². The molecule has 2 aromatic heterocycles. The van der Waals surface area contributed by atoms with Gasteiger partial charge in [0, 0.05) is 6.54 Å². The fourth-order valence-electron chi connectivity index (χ4n) is 2.37. The maximum absolute atomic E-state index is 12.3. The second kappa shape index (κ2) is 4.67. The molecule has 0 radical (unpaired) electrons. The Labute approximate surface area is 116 Å². The number of H-pyrrole nitrogens is 1. The highest BCUT2D eigenvalue weighted by Crippen LogP contribution is 2.24. The summed E-state index contributed by atoms with van der Waals surface area (Å²) in [4.78, 5) is 11.0. The molecule has 0 aliphatic carbocycles. The van der Waals surface area contributed by atoms with E-state index in [1.165, 1.54) is 6.20 Å². The molecule has 108 valence electrons. The predicted octanol–water partition coefficient (Wildman–Crippen LogP) is 0.431. The maximum Gasteiger partial charge on any atom is 0.258 e. The van der Waals surface area contributed by atoms with Crippen molar-refractivity contribution in [3.63, 3.8) is 0 Å². The van der Waals surface area contributed by atoms with Gasteiger partial charge in [-0.2, -0.15) is 9.82 Å². The van der Waals surface area contributed by atoms with Gasteiger partial charge < -0.3 is 4.98 Å². The first-order valence-electron chi connectivity index (χ1n) is 6.41. The van der Waals surface area contributed by atoms with Gasteiger partial charge in [-0.1, -0.05) is 0 Å². The van der Waals surface area contributed by atoms with E-state index in [0.717, 1.165) is 13.0 Å². The van der Waals surface area contributed by atoms with Crippen molar-refractivity contribution < 1.29 is 8.42 Å². The van der Waals surface area contributed by atoms with Crippen LogP contribution in [-0.2, 0) is 16.6 Å². The van der Waals surface area contributed by atoms with Crippen LogP contribution < -0.4 is 4.72 Å². The minimum atomic E-state index is -3.62. The van der Waals surface area contributed by atoms with Crippen molar-refractivity contribution >= 4 is 10.0 Å². The number of hydrogen-bond donors (Lipinski definition) is 2. The molecule has 3 heterocycles. The van der Waals surface area contributed by atoms with Crippen LogP contribution in [0, 0.1) is 13.8 Å². The van der Waals surface area contributed by atoms with E-state index in [4.69, 9.17) is 0 Å². The average molecular weight is 296 g/mol.